The van der Waals surface area contributed by atoms with E-state index >= 15 is 0 Å². The van der Waals surface area contributed by atoms with Gasteiger partial charge in [0.15, 0.2) is 0 Å². The number of hydrogen-bond donors (Lipinski definition) is 0. The lowest BCUT2D eigenvalue weighted by Crippen LogP contribution is -2.57. The Hall–Kier alpha value is -1.66. The molecule has 1 amide bonds. The molecule has 1 spiro atoms. The van der Waals surface area contributed by atoms with Gasteiger partial charge in [0.2, 0.25) is 0 Å². The Bertz CT molecular complexity index is 586. The fourth-order valence-electron chi connectivity index (χ4n) is 3.60. The number of carbonyl (C=O) groups excluding carboxylic acids is 1. The average Bonchev–Trinajstić information content (AvgIpc) is 3.03. The third-order valence-electron chi connectivity index (χ3n) is 4.88. The summed E-state index contributed by atoms with van der Waals surface area (Å²) in [6.45, 7) is 1.75. The van der Waals surface area contributed by atoms with Crippen molar-refractivity contribution in [1.29, 1.82) is 0 Å². The minimum Gasteiger partial charge on any atom is -0.496 e. The van der Waals surface area contributed by atoms with Crippen molar-refractivity contribution in [2.45, 2.75) is 31.0 Å². The van der Waals surface area contributed by atoms with E-state index < -0.39 is 5.82 Å². The van der Waals surface area contributed by atoms with Crippen LogP contribution in [-0.2, 0) is 9.47 Å². The Morgan fingerprint density at radius 3 is 2.87 bits per heavy atom. The molecular formula is C17H22FNO4. The highest BCUT2D eigenvalue weighted by Gasteiger charge is 2.47. The minimum absolute atomic E-state index is 0.165. The second-order valence-electron chi connectivity index (χ2n) is 6.09. The second kappa shape index (κ2) is 6.45. The average molecular weight is 323 g/mol. The molecular weight excluding hydrogens is 301 g/mol. The zero-order chi connectivity index (χ0) is 16.4. The van der Waals surface area contributed by atoms with Gasteiger partial charge in [0.25, 0.3) is 5.91 Å². The maximum absolute atomic E-state index is 13.5. The van der Waals surface area contributed by atoms with Gasteiger partial charge in [-0.25, -0.2) is 4.39 Å². The Labute approximate surface area is 135 Å². The molecule has 2 atom stereocenters. The quantitative estimate of drug-likeness (QED) is 0.856. The van der Waals surface area contributed by atoms with Gasteiger partial charge < -0.3 is 19.1 Å². The number of benzene rings is 1. The van der Waals surface area contributed by atoms with Gasteiger partial charge in [-0.2, -0.15) is 0 Å². The van der Waals surface area contributed by atoms with Gasteiger partial charge in [0.1, 0.15) is 17.7 Å². The van der Waals surface area contributed by atoms with Crippen molar-refractivity contribution in [3.05, 3.63) is 29.6 Å². The predicted molar refractivity (Wildman–Crippen MR) is 82.2 cm³/mol. The smallest absolute Gasteiger partial charge is 0.257 e. The van der Waals surface area contributed by atoms with E-state index in [0.717, 1.165) is 25.9 Å². The largest absolute Gasteiger partial charge is 0.496 e. The molecule has 126 valence electrons. The number of rotatable bonds is 3. The van der Waals surface area contributed by atoms with Crippen LogP contribution in [0.15, 0.2) is 18.2 Å². The molecule has 0 saturated carbocycles. The summed E-state index contributed by atoms with van der Waals surface area (Å²) in [7, 11) is 3.12. The van der Waals surface area contributed by atoms with Crippen LogP contribution in [0, 0.1) is 5.82 Å². The second-order valence-corrected chi connectivity index (χ2v) is 6.09. The lowest BCUT2D eigenvalue weighted by Gasteiger charge is -2.44. The number of nitrogens with zero attached hydrogens (tertiary/aromatic N) is 1. The highest BCUT2D eigenvalue weighted by atomic mass is 19.1. The first-order chi connectivity index (χ1) is 11.1. The van der Waals surface area contributed by atoms with Crippen molar-refractivity contribution in [2.24, 2.45) is 0 Å². The van der Waals surface area contributed by atoms with E-state index in [4.69, 9.17) is 14.2 Å². The van der Waals surface area contributed by atoms with Crippen LogP contribution in [0.1, 0.15) is 29.6 Å². The van der Waals surface area contributed by atoms with E-state index in [2.05, 4.69) is 0 Å². The first-order valence-corrected chi connectivity index (χ1v) is 7.89. The summed E-state index contributed by atoms with van der Waals surface area (Å²) in [4.78, 5) is 14.5. The fraction of sp³-hybridized carbons (Fsp3) is 0.588. The van der Waals surface area contributed by atoms with Crippen molar-refractivity contribution >= 4 is 5.91 Å². The van der Waals surface area contributed by atoms with Crippen LogP contribution in [0.5, 0.6) is 5.75 Å². The molecule has 0 aromatic heterocycles. The zero-order valence-corrected chi connectivity index (χ0v) is 13.5. The highest BCUT2D eigenvalue weighted by molar-refractivity contribution is 5.97. The van der Waals surface area contributed by atoms with E-state index in [-0.39, 0.29) is 23.2 Å². The van der Waals surface area contributed by atoms with Gasteiger partial charge in [-0.1, -0.05) is 0 Å². The Morgan fingerprint density at radius 1 is 1.39 bits per heavy atom. The molecule has 0 N–H and O–H groups in total. The molecule has 0 radical (unpaired) electrons. The van der Waals surface area contributed by atoms with E-state index in [0.29, 0.717) is 18.8 Å². The summed E-state index contributed by atoms with van der Waals surface area (Å²) in [6, 6.07) is 3.98. The van der Waals surface area contributed by atoms with Gasteiger partial charge in [0, 0.05) is 26.8 Å². The van der Waals surface area contributed by atoms with E-state index in [1.165, 1.54) is 25.3 Å². The van der Waals surface area contributed by atoms with Crippen molar-refractivity contribution in [3.8, 4) is 5.75 Å². The lowest BCUT2D eigenvalue weighted by molar-refractivity contribution is -0.136. The number of amides is 1. The first kappa shape index (κ1) is 16.2. The van der Waals surface area contributed by atoms with Gasteiger partial charge in [-0.15, -0.1) is 0 Å². The SMILES string of the molecule is COc1ccc(F)cc1C(=O)N1CC[C@@]2(CCCO2)[C@@H](OC)C1. The van der Waals surface area contributed by atoms with Crippen LogP contribution < -0.4 is 4.74 Å². The summed E-state index contributed by atoms with van der Waals surface area (Å²) in [5.74, 6) is -0.316. The van der Waals surface area contributed by atoms with Crippen LogP contribution in [0.4, 0.5) is 4.39 Å². The van der Waals surface area contributed by atoms with Gasteiger partial charge in [0.05, 0.1) is 18.3 Å². The van der Waals surface area contributed by atoms with Crippen molar-refractivity contribution < 1.29 is 23.4 Å². The summed E-state index contributed by atoms with van der Waals surface area (Å²) in [5.41, 5.74) is -0.0389. The first-order valence-electron chi connectivity index (χ1n) is 7.89. The maximum Gasteiger partial charge on any atom is 0.257 e. The lowest BCUT2D eigenvalue weighted by atomic mass is 9.85. The Kier molecular flexibility index (Phi) is 4.55. The van der Waals surface area contributed by atoms with Gasteiger partial charge in [-0.3, -0.25) is 4.79 Å². The van der Waals surface area contributed by atoms with Crippen LogP contribution in [0.25, 0.3) is 0 Å². The van der Waals surface area contributed by atoms with Crippen LogP contribution in [0.2, 0.25) is 0 Å². The molecule has 3 rings (SSSR count). The zero-order valence-electron chi connectivity index (χ0n) is 13.5. The van der Waals surface area contributed by atoms with E-state index in [9.17, 15) is 9.18 Å². The summed E-state index contributed by atoms with van der Waals surface area (Å²) < 4.78 is 30.2. The molecule has 2 heterocycles. The summed E-state index contributed by atoms with van der Waals surface area (Å²) >= 11 is 0. The highest BCUT2D eigenvalue weighted by Crippen LogP contribution is 2.38. The van der Waals surface area contributed by atoms with E-state index in [1.807, 2.05) is 0 Å². The number of piperidine rings is 1. The molecule has 0 aliphatic carbocycles. The fourth-order valence-corrected chi connectivity index (χ4v) is 3.60. The van der Waals surface area contributed by atoms with Gasteiger partial charge in [-0.05, 0) is 37.5 Å². The number of hydrogen-bond acceptors (Lipinski definition) is 4. The van der Waals surface area contributed by atoms with Crippen molar-refractivity contribution in [3.63, 3.8) is 0 Å². The third-order valence-corrected chi connectivity index (χ3v) is 4.88. The normalized spacial score (nSPS) is 27.4. The predicted octanol–water partition coefficient (Wildman–Crippen LogP) is 2.24. The summed E-state index contributed by atoms with van der Waals surface area (Å²) in [6.07, 6.45) is 2.54. The number of methoxy groups -OCH3 is 2. The molecule has 0 bridgehead atoms. The Balaban J connectivity index is 1.80. The van der Waals surface area contributed by atoms with Crippen LogP contribution in [0.3, 0.4) is 0 Å². The van der Waals surface area contributed by atoms with Crippen molar-refractivity contribution in [2.75, 3.05) is 33.9 Å². The number of halogens is 1. The topological polar surface area (TPSA) is 48.0 Å². The number of carbonyl (C=O) groups is 1. The van der Waals surface area contributed by atoms with Gasteiger partial charge >= 0.3 is 0 Å². The summed E-state index contributed by atoms with van der Waals surface area (Å²) in [5, 5.41) is 0. The molecule has 23 heavy (non-hydrogen) atoms. The number of likely N-dealkylation sites (tertiary alicyclic amines) is 1. The molecule has 2 fully saturated rings. The minimum atomic E-state index is -0.454. The molecule has 2 aliphatic rings. The van der Waals surface area contributed by atoms with Crippen LogP contribution in [-0.4, -0.2) is 56.4 Å². The molecule has 1 aromatic carbocycles. The number of ether oxygens (including phenoxy) is 3. The molecule has 2 aliphatic heterocycles. The standard InChI is InChI=1S/C17H22FNO4/c1-21-14-5-4-12(18)10-13(14)16(20)19-8-7-17(6-3-9-23-17)15(11-19)22-2/h4-5,10,15H,3,6-9,11H2,1-2H3/t15-,17-/m0/s1. The van der Waals surface area contributed by atoms with Crippen LogP contribution >= 0.6 is 0 Å². The monoisotopic (exact) mass is 323 g/mol. The molecule has 1 aromatic rings. The molecule has 0 unspecified atom stereocenters. The molecule has 5 nitrogen and oxygen atoms in total. The Morgan fingerprint density at radius 2 is 2.22 bits per heavy atom. The third kappa shape index (κ3) is 2.93. The molecule has 6 heteroatoms. The molecule has 2 saturated heterocycles. The van der Waals surface area contributed by atoms with Crippen molar-refractivity contribution in [1.82, 2.24) is 4.90 Å². The maximum atomic E-state index is 13.5. The van der Waals surface area contributed by atoms with E-state index in [1.54, 1.807) is 12.0 Å².